The minimum Gasteiger partial charge on any atom is -0.508 e. The predicted octanol–water partition coefficient (Wildman–Crippen LogP) is 5.38. The monoisotopic (exact) mass is 463 g/mol. The standard InChI is InChI=1S/C26H22ClNO5/c1-3-33-18-11-12-20(27)19(14-18)24(30)22-23(16-8-6-9-17(29)13-16)28(26(32)25(22)31)21-10-5-4-7-15(21)2/h4-14,23,29-30H,3H2,1-2H3/b24-22+. The van der Waals surface area contributed by atoms with E-state index in [2.05, 4.69) is 0 Å². The predicted molar refractivity (Wildman–Crippen MR) is 127 cm³/mol. The van der Waals surface area contributed by atoms with E-state index in [1.807, 2.05) is 26.0 Å². The van der Waals surface area contributed by atoms with E-state index in [9.17, 15) is 19.8 Å². The number of Topliss-reactive ketones (excluding diaryl/α,β-unsaturated/α-hetero) is 1. The first kappa shape index (κ1) is 22.4. The van der Waals surface area contributed by atoms with Gasteiger partial charge in [-0.25, -0.2) is 0 Å². The molecule has 1 unspecified atom stereocenters. The van der Waals surface area contributed by atoms with Crippen LogP contribution in [0, 0.1) is 6.92 Å². The molecule has 3 aromatic rings. The minimum absolute atomic E-state index is 0.0285. The molecule has 1 aliphatic heterocycles. The molecule has 0 aliphatic carbocycles. The number of phenols is 1. The molecule has 33 heavy (non-hydrogen) atoms. The number of carbonyl (C=O) groups is 2. The van der Waals surface area contributed by atoms with E-state index in [1.54, 1.807) is 36.4 Å². The van der Waals surface area contributed by atoms with Gasteiger partial charge in [0.15, 0.2) is 0 Å². The third kappa shape index (κ3) is 4.05. The van der Waals surface area contributed by atoms with Crippen molar-refractivity contribution in [3.8, 4) is 11.5 Å². The molecule has 0 saturated carbocycles. The zero-order valence-corrected chi connectivity index (χ0v) is 18.8. The van der Waals surface area contributed by atoms with Crippen molar-refractivity contribution in [3.63, 3.8) is 0 Å². The van der Waals surface area contributed by atoms with Gasteiger partial charge in [-0.1, -0.05) is 41.9 Å². The molecule has 1 fully saturated rings. The number of hydrogen-bond donors (Lipinski definition) is 2. The molecule has 4 rings (SSSR count). The van der Waals surface area contributed by atoms with Gasteiger partial charge in [0.25, 0.3) is 11.7 Å². The summed E-state index contributed by atoms with van der Waals surface area (Å²) < 4.78 is 5.51. The second kappa shape index (κ2) is 9.00. The van der Waals surface area contributed by atoms with Crippen molar-refractivity contribution in [2.45, 2.75) is 19.9 Å². The topological polar surface area (TPSA) is 87.1 Å². The fraction of sp³-hybridized carbons (Fsp3) is 0.154. The molecule has 1 heterocycles. The molecule has 6 nitrogen and oxygen atoms in total. The van der Waals surface area contributed by atoms with Crippen molar-refractivity contribution < 1.29 is 24.5 Å². The van der Waals surface area contributed by atoms with Crippen molar-refractivity contribution >= 4 is 34.7 Å². The smallest absolute Gasteiger partial charge is 0.300 e. The minimum atomic E-state index is -0.968. The van der Waals surface area contributed by atoms with Crippen LogP contribution in [0.5, 0.6) is 11.5 Å². The van der Waals surface area contributed by atoms with Crippen LogP contribution >= 0.6 is 11.6 Å². The van der Waals surface area contributed by atoms with Crippen LogP contribution in [0.2, 0.25) is 5.02 Å². The largest absolute Gasteiger partial charge is 0.508 e. The average Bonchev–Trinajstić information content (AvgIpc) is 3.06. The number of nitrogens with zero attached hydrogens (tertiary/aromatic N) is 1. The number of rotatable bonds is 5. The Labute approximate surface area is 196 Å². The van der Waals surface area contributed by atoms with Gasteiger partial charge >= 0.3 is 0 Å². The van der Waals surface area contributed by atoms with E-state index in [0.717, 1.165) is 5.56 Å². The van der Waals surface area contributed by atoms with Crippen LogP contribution in [0.3, 0.4) is 0 Å². The van der Waals surface area contributed by atoms with Crippen LogP contribution in [-0.4, -0.2) is 28.5 Å². The molecule has 1 saturated heterocycles. The van der Waals surface area contributed by atoms with Crippen molar-refractivity contribution in [2.24, 2.45) is 0 Å². The van der Waals surface area contributed by atoms with Gasteiger partial charge in [0, 0.05) is 11.3 Å². The Morgan fingerprint density at radius 2 is 1.82 bits per heavy atom. The summed E-state index contributed by atoms with van der Waals surface area (Å²) in [5.74, 6) is -1.60. The van der Waals surface area contributed by atoms with E-state index in [-0.39, 0.29) is 21.9 Å². The summed E-state index contributed by atoms with van der Waals surface area (Å²) in [5.41, 5.74) is 1.83. The van der Waals surface area contributed by atoms with Gasteiger partial charge in [0.1, 0.15) is 17.3 Å². The SMILES string of the molecule is CCOc1ccc(Cl)c(/C(O)=C2\C(=O)C(=O)N(c3ccccc3C)C2c2cccc(O)c2)c1. The van der Waals surface area contributed by atoms with Gasteiger partial charge in [0.2, 0.25) is 0 Å². The number of hydrogen-bond acceptors (Lipinski definition) is 5. The summed E-state index contributed by atoms with van der Waals surface area (Å²) >= 11 is 6.35. The number of aromatic hydroxyl groups is 1. The van der Waals surface area contributed by atoms with E-state index in [4.69, 9.17) is 16.3 Å². The summed E-state index contributed by atoms with van der Waals surface area (Å²) in [6.45, 7) is 4.06. The van der Waals surface area contributed by atoms with Crippen molar-refractivity contribution in [1.29, 1.82) is 0 Å². The maximum atomic E-state index is 13.3. The average molecular weight is 464 g/mol. The number of para-hydroxylation sites is 1. The first-order valence-corrected chi connectivity index (χ1v) is 10.8. The Morgan fingerprint density at radius 3 is 2.52 bits per heavy atom. The number of anilines is 1. The Balaban J connectivity index is 1.98. The summed E-state index contributed by atoms with van der Waals surface area (Å²) in [4.78, 5) is 27.8. The zero-order valence-electron chi connectivity index (χ0n) is 18.1. The maximum Gasteiger partial charge on any atom is 0.300 e. The third-order valence-electron chi connectivity index (χ3n) is 5.51. The summed E-state index contributed by atoms with van der Waals surface area (Å²) in [7, 11) is 0. The molecule has 1 atom stereocenters. The van der Waals surface area contributed by atoms with Crippen molar-refractivity contribution in [3.05, 3.63) is 94.0 Å². The van der Waals surface area contributed by atoms with Crippen LogP contribution in [-0.2, 0) is 9.59 Å². The number of carbonyl (C=O) groups excluding carboxylic acids is 2. The van der Waals surface area contributed by atoms with Gasteiger partial charge in [-0.2, -0.15) is 0 Å². The molecule has 168 valence electrons. The normalized spacial score (nSPS) is 17.4. The lowest BCUT2D eigenvalue weighted by molar-refractivity contribution is -0.132. The third-order valence-corrected chi connectivity index (χ3v) is 5.84. The Morgan fingerprint density at radius 1 is 1.06 bits per heavy atom. The van der Waals surface area contributed by atoms with Gasteiger partial charge in [-0.15, -0.1) is 0 Å². The molecule has 0 radical (unpaired) electrons. The van der Waals surface area contributed by atoms with E-state index < -0.39 is 23.5 Å². The molecule has 3 aromatic carbocycles. The van der Waals surface area contributed by atoms with Gasteiger partial charge in [0.05, 0.1) is 23.2 Å². The zero-order chi connectivity index (χ0) is 23.7. The number of halogens is 1. The second-order valence-electron chi connectivity index (χ2n) is 7.63. The fourth-order valence-electron chi connectivity index (χ4n) is 4.01. The Hall–Kier alpha value is -3.77. The van der Waals surface area contributed by atoms with Gasteiger partial charge in [-0.3, -0.25) is 14.5 Å². The molecular weight excluding hydrogens is 442 g/mol. The molecule has 0 spiro atoms. The highest BCUT2D eigenvalue weighted by atomic mass is 35.5. The molecule has 7 heteroatoms. The number of amides is 1. The highest BCUT2D eigenvalue weighted by molar-refractivity contribution is 6.52. The first-order valence-electron chi connectivity index (χ1n) is 10.4. The van der Waals surface area contributed by atoms with Gasteiger partial charge in [-0.05, 0) is 61.4 Å². The number of ether oxygens (including phenoxy) is 1. The number of ketones is 1. The van der Waals surface area contributed by atoms with Crippen LogP contribution in [0.1, 0.15) is 29.7 Å². The number of benzene rings is 3. The van der Waals surface area contributed by atoms with E-state index in [0.29, 0.717) is 23.6 Å². The highest BCUT2D eigenvalue weighted by Gasteiger charge is 2.47. The van der Waals surface area contributed by atoms with E-state index in [1.165, 1.54) is 23.1 Å². The highest BCUT2D eigenvalue weighted by Crippen LogP contribution is 2.44. The molecule has 1 aliphatic rings. The first-order chi connectivity index (χ1) is 15.8. The van der Waals surface area contributed by atoms with Crippen LogP contribution in [0.25, 0.3) is 5.76 Å². The number of aryl methyl sites for hydroxylation is 1. The summed E-state index contributed by atoms with van der Waals surface area (Å²) in [5, 5.41) is 21.6. The Kier molecular flexibility index (Phi) is 6.11. The quantitative estimate of drug-likeness (QED) is 0.301. The lowest BCUT2D eigenvalue weighted by Gasteiger charge is -2.27. The van der Waals surface area contributed by atoms with Gasteiger partial charge < -0.3 is 14.9 Å². The lowest BCUT2D eigenvalue weighted by Crippen LogP contribution is -2.30. The number of phenolic OH excluding ortho intramolecular Hbond substituents is 1. The molecule has 0 aromatic heterocycles. The van der Waals surface area contributed by atoms with Crippen molar-refractivity contribution in [1.82, 2.24) is 0 Å². The Bertz CT molecular complexity index is 1280. The summed E-state index contributed by atoms with van der Waals surface area (Å²) in [6, 6.07) is 17.2. The second-order valence-corrected chi connectivity index (χ2v) is 8.03. The molecule has 2 N–H and O–H groups in total. The molecule has 0 bridgehead atoms. The van der Waals surface area contributed by atoms with Crippen LogP contribution < -0.4 is 9.64 Å². The van der Waals surface area contributed by atoms with Crippen LogP contribution in [0.4, 0.5) is 5.69 Å². The van der Waals surface area contributed by atoms with E-state index >= 15 is 0 Å². The van der Waals surface area contributed by atoms with Crippen LogP contribution in [0.15, 0.2) is 72.3 Å². The number of aliphatic hydroxyl groups is 1. The molecular formula is C26H22ClNO5. The summed E-state index contributed by atoms with van der Waals surface area (Å²) in [6.07, 6.45) is 0. The lowest BCUT2D eigenvalue weighted by atomic mass is 9.94. The maximum absolute atomic E-state index is 13.3. The molecule has 1 amide bonds. The fourth-order valence-corrected chi connectivity index (χ4v) is 4.22. The van der Waals surface area contributed by atoms with Crippen molar-refractivity contribution in [2.75, 3.05) is 11.5 Å². The number of aliphatic hydroxyl groups excluding tert-OH is 1.